The van der Waals surface area contributed by atoms with E-state index in [2.05, 4.69) is 73.5 Å². The predicted molar refractivity (Wildman–Crippen MR) is 79.3 cm³/mol. The maximum absolute atomic E-state index is 2.32. The van der Waals surface area contributed by atoms with Crippen LogP contribution in [0.4, 0.5) is 0 Å². The summed E-state index contributed by atoms with van der Waals surface area (Å²) in [6.07, 6.45) is 5.54. The molecule has 0 aliphatic heterocycles. The molecule has 0 radical (unpaired) electrons. The molecule has 1 aromatic heterocycles. The van der Waals surface area contributed by atoms with E-state index in [1.54, 1.807) is 0 Å². The average Bonchev–Trinajstić information content (AvgIpc) is 2.73. The number of nitrogens with zero attached hydrogens (tertiary/aromatic N) is 2. The van der Waals surface area contributed by atoms with Crippen LogP contribution in [0.25, 0.3) is 0 Å². The Morgan fingerprint density at radius 3 is 2.42 bits per heavy atom. The van der Waals surface area contributed by atoms with Crippen molar-refractivity contribution in [2.45, 2.75) is 53.1 Å². The van der Waals surface area contributed by atoms with Gasteiger partial charge >= 0.3 is 0 Å². The van der Waals surface area contributed by atoms with Gasteiger partial charge in [0.2, 0.25) is 0 Å². The van der Waals surface area contributed by atoms with Crippen molar-refractivity contribution >= 4 is 0 Å². The van der Waals surface area contributed by atoms with E-state index in [1.807, 2.05) is 0 Å². The quantitative estimate of drug-likeness (QED) is 0.723. The molecular weight excluding hydrogens is 232 g/mol. The third-order valence-corrected chi connectivity index (χ3v) is 3.72. The van der Waals surface area contributed by atoms with Gasteiger partial charge in [-0.05, 0) is 23.5 Å². The van der Waals surface area contributed by atoms with Crippen molar-refractivity contribution in [1.29, 1.82) is 0 Å². The monoisotopic (exact) mass is 257 g/mol. The van der Waals surface area contributed by atoms with Crippen LogP contribution < -0.4 is 4.57 Å². The second-order valence-corrected chi connectivity index (χ2v) is 5.56. The lowest BCUT2D eigenvalue weighted by Crippen LogP contribution is -2.36. The predicted octanol–water partition coefficient (Wildman–Crippen LogP) is 3.67. The number of benzene rings is 1. The summed E-state index contributed by atoms with van der Waals surface area (Å²) in [6, 6.07) is 9.00. The van der Waals surface area contributed by atoms with Crippen LogP contribution in [-0.2, 0) is 13.1 Å². The van der Waals surface area contributed by atoms with Gasteiger partial charge in [-0.2, -0.15) is 0 Å². The summed E-state index contributed by atoms with van der Waals surface area (Å²) in [4.78, 5) is 0. The largest absolute Gasteiger partial charge is 0.253 e. The van der Waals surface area contributed by atoms with Gasteiger partial charge in [-0.25, -0.2) is 9.13 Å². The summed E-state index contributed by atoms with van der Waals surface area (Å²) in [7, 11) is 0. The molecule has 1 heterocycles. The Kier molecular flexibility index (Phi) is 4.41. The number of rotatable bonds is 5. The highest BCUT2D eigenvalue weighted by atomic mass is 15.1. The van der Waals surface area contributed by atoms with Crippen LogP contribution in [0, 0.1) is 6.92 Å². The zero-order chi connectivity index (χ0) is 13.8. The first-order valence-electron chi connectivity index (χ1n) is 7.25. The van der Waals surface area contributed by atoms with E-state index in [0.29, 0.717) is 5.92 Å². The second kappa shape index (κ2) is 6.05. The highest BCUT2D eigenvalue weighted by Crippen LogP contribution is 2.14. The first kappa shape index (κ1) is 13.9. The Labute approximate surface area is 116 Å². The van der Waals surface area contributed by atoms with E-state index in [0.717, 1.165) is 13.1 Å². The van der Waals surface area contributed by atoms with Gasteiger partial charge in [0.25, 0.3) is 5.82 Å². The molecule has 2 nitrogen and oxygen atoms in total. The van der Waals surface area contributed by atoms with Crippen molar-refractivity contribution in [3.05, 3.63) is 53.6 Å². The summed E-state index contributed by atoms with van der Waals surface area (Å²) in [5.41, 5.74) is 2.78. The van der Waals surface area contributed by atoms with Crippen LogP contribution in [0.5, 0.6) is 0 Å². The fourth-order valence-corrected chi connectivity index (χ4v) is 2.39. The lowest BCUT2D eigenvalue weighted by molar-refractivity contribution is -0.694. The summed E-state index contributed by atoms with van der Waals surface area (Å²) in [5, 5.41) is 0. The van der Waals surface area contributed by atoms with E-state index in [1.165, 1.54) is 23.4 Å². The third-order valence-electron chi connectivity index (χ3n) is 3.72. The lowest BCUT2D eigenvalue weighted by Gasteiger charge is -2.06. The summed E-state index contributed by atoms with van der Waals surface area (Å²) in [6.45, 7) is 10.9. The summed E-state index contributed by atoms with van der Waals surface area (Å²) < 4.78 is 4.64. The normalized spacial score (nSPS) is 11.2. The molecule has 0 saturated carbocycles. The number of aryl methyl sites for hydroxylation is 1. The zero-order valence-corrected chi connectivity index (χ0v) is 12.6. The molecule has 0 bridgehead atoms. The van der Waals surface area contributed by atoms with Crippen molar-refractivity contribution in [2.75, 3.05) is 0 Å². The number of hydrogen-bond acceptors (Lipinski definition) is 0. The van der Waals surface area contributed by atoms with Crippen molar-refractivity contribution in [2.24, 2.45) is 0 Å². The average molecular weight is 257 g/mol. The molecule has 0 amide bonds. The Morgan fingerprint density at radius 2 is 1.84 bits per heavy atom. The molecule has 0 saturated heterocycles. The lowest BCUT2D eigenvalue weighted by atomic mass is 10.0. The van der Waals surface area contributed by atoms with E-state index in [9.17, 15) is 0 Å². The molecule has 0 N–H and O–H groups in total. The molecule has 2 rings (SSSR count). The summed E-state index contributed by atoms with van der Waals surface area (Å²) in [5.74, 6) is 1.93. The van der Waals surface area contributed by atoms with Crippen LogP contribution in [0.3, 0.4) is 0 Å². The van der Waals surface area contributed by atoms with E-state index >= 15 is 0 Å². The first-order valence-corrected chi connectivity index (χ1v) is 7.25. The minimum atomic E-state index is 0.606. The SMILES string of the molecule is CCCn1cc[n+](Cc2ccc(C(C)C)cc2)c1C. The van der Waals surface area contributed by atoms with E-state index in [4.69, 9.17) is 0 Å². The van der Waals surface area contributed by atoms with Crippen LogP contribution >= 0.6 is 0 Å². The third kappa shape index (κ3) is 3.25. The van der Waals surface area contributed by atoms with Gasteiger partial charge in [-0.1, -0.05) is 45.0 Å². The fraction of sp³-hybridized carbons (Fsp3) is 0.471. The van der Waals surface area contributed by atoms with Gasteiger partial charge < -0.3 is 0 Å². The van der Waals surface area contributed by atoms with Gasteiger partial charge in [0.15, 0.2) is 0 Å². The van der Waals surface area contributed by atoms with Crippen molar-refractivity contribution in [3.8, 4) is 0 Å². The fourth-order valence-electron chi connectivity index (χ4n) is 2.39. The molecule has 102 valence electrons. The van der Waals surface area contributed by atoms with E-state index < -0.39 is 0 Å². The maximum atomic E-state index is 2.32. The Morgan fingerprint density at radius 1 is 1.16 bits per heavy atom. The molecule has 2 aromatic rings. The number of hydrogen-bond donors (Lipinski definition) is 0. The van der Waals surface area contributed by atoms with Crippen molar-refractivity contribution in [1.82, 2.24) is 4.57 Å². The topological polar surface area (TPSA) is 8.81 Å². The van der Waals surface area contributed by atoms with Crippen molar-refractivity contribution < 1.29 is 4.57 Å². The molecule has 0 spiro atoms. The molecule has 1 aromatic carbocycles. The highest BCUT2D eigenvalue weighted by Gasteiger charge is 2.11. The van der Waals surface area contributed by atoms with Gasteiger partial charge in [-0.15, -0.1) is 0 Å². The Bertz CT molecular complexity index is 521. The molecular formula is C17H25N2+. The molecule has 0 aliphatic carbocycles. The Balaban J connectivity index is 2.12. The first-order chi connectivity index (χ1) is 9.11. The second-order valence-electron chi connectivity index (χ2n) is 5.56. The van der Waals surface area contributed by atoms with Gasteiger partial charge in [-0.3, -0.25) is 0 Å². The minimum Gasteiger partial charge on any atom is -0.234 e. The molecule has 0 aliphatic rings. The van der Waals surface area contributed by atoms with Crippen LogP contribution in [0.15, 0.2) is 36.7 Å². The van der Waals surface area contributed by atoms with E-state index in [-0.39, 0.29) is 0 Å². The molecule has 2 heteroatoms. The van der Waals surface area contributed by atoms with Crippen LogP contribution in [0.1, 0.15) is 50.1 Å². The standard InChI is InChI=1S/C17H25N2/c1-5-10-18-11-12-19(15(18)4)13-16-6-8-17(9-7-16)14(2)3/h6-9,11-12,14H,5,10,13H2,1-4H3/q+1. The van der Waals surface area contributed by atoms with Crippen LogP contribution in [0.2, 0.25) is 0 Å². The van der Waals surface area contributed by atoms with Crippen molar-refractivity contribution in [3.63, 3.8) is 0 Å². The molecule has 19 heavy (non-hydrogen) atoms. The molecule has 0 atom stereocenters. The van der Waals surface area contributed by atoms with Crippen LogP contribution in [-0.4, -0.2) is 4.57 Å². The molecule has 0 fully saturated rings. The highest BCUT2D eigenvalue weighted by molar-refractivity contribution is 5.24. The maximum Gasteiger partial charge on any atom is 0.253 e. The number of aromatic nitrogens is 2. The minimum absolute atomic E-state index is 0.606. The zero-order valence-electron chi connectivity index (χ0n) is 12.6. The van der Waals surface area contributed by atoms with Gasteiger partial charge in [0, 0.05) is 6.92 Å². The van der Waals surface area contributed by atoms with Gasteiger partial charge in [0.1, 0.15) is 18.9 Å². The van der Waals surface area contributed by atoms with Gasteiger partial charge in [0.05, 0.1) is 6.54 Å². The summed E-state index contributed by atoms with van der Waals surface area (Å²) >= 11 is 0. The molecule has 0 unspecified atom stereocenters. The smallest absolute Gasteiger partial charge is 0.234 e. The Hall–Kier alpha value is -1.57. The number of imidazole rings is 1.